The molecule has 23 heavy (non-hydrogen) atoms. The minimum atomic E-state index is -0.729. The van der Waals surface area contributed by atoms with Gasteiger partial charge < -0.3 is 0 Å². The van der Waals surface area contributed by atoms with Crippen LogP contribution in [-0.2, 0) is 0 Å². The molecule has 1 aliphatic rings. The van der Waals surface area contributed by atoms with E-state index in [4.69, 9.17) is 0 Å². The third-order valence-electron chi connectivity index (χ3n) is 3.61. The Morgan fingerprint density at radius 1 is 1.00 bits per heavy atom. The lowest BCUT2D eigenvalue weighted by molar-refractivity contribution is 0.0989. The molecule has 1 aromatic heterocycles. The number of aromatic nitrogens is 2. The van der Waals surface area contributed by atoms with Crippen molar-refractivity contribution in [1.82, 2.24) is 9.78 Å². The van der Waals surface area contributed by atoms with Crippen LogP contribution in [-0.4, -0.2) is 21.9 Å². The Balaban J connectivity index is 2.03. The Morgan fingerprint density at radius 2 is 1.78 bits per heavy atom. The van der Waals surface area contributed by atoms with Gasteiger partial charge in [0.05, 0.1) is 11.8 Å². The second kappa shape index (κ2) is 4.95. The molecule has 0 N–H and O–H groups in total. The summed E-state index contributed by atoms with van der Waals surface area (Å²) < 4.78 is 28.6. The lowest BCUT2D eigenvalue weighted by atomic mass is 10.0. The van der Waals surface area contributed by atoms with E-state index < -0.39 is 17.5 Å². The highest BCUT2D eigenvalue weighted by molar-refractivity contribution is 6.31. The number of aliphatic imine (C=N–C) groups is 1. The number of hydrogen-bond donors (Lipinski definition) is 0. The first-order valence-electron chi connectivity index (χ1n) is 6.87. The van der Waals surface area contributed by atoms with E-state index in [1.807, 2.05) is 18.2 Å². The molecule has 0 saturated heterocycles. The third-order valence-corrected chi connectivity index (χ3v) is 3.61. The minimum Gasteiger partial charge on any atom is -0.266 e. The molecular weight excluding hydrogens is 300 g/mol. The summed E-state index contributed by atoms with van der Waals surface area (Å²) in [6.45, 7) is 0. The predicted octanol–water partition coefficient (Wildman–Crippen LogP) is 3.85. The van der Waals surface area contributed by atoms with E-state index in [1.54, 1.807) is 12.1 Å². The van der Waals surface area contributed by atoms with E-state index in [9.17, 15) is 13.6 Å². The fraction of sp³-hybridized carbons (Fsp3) is 0. The van der Waals surface area contributed by atoms with Crippen LogP contribution in [0.15, 0.2) is 53.5 Å². The molecule has 6 heteroatoms. The average Bonchev–Trinajstić information content (AvgIpc) is 3.09. The third kappa shape index (κ3) is 2.07. The van der Waals surface area contributed by atoms with E-state index in [0.717, 1.165) is 28.6 Å². The maximum Gasteiger partial charge on any atom is 0.291 e. The van der Waals surface area contributed by atoms with Crippen molar-refractivity contribution in [2.45, 2.75) is 0 Å². The van der Waals surface area contributed by atoms with Gasteiger partial charge in [-0.1, -0.05) is 30.3 Å². The number of fused-ring (bicyclic) bond motifs is 1. The number of benzene rings is 2. The lowest BCUT2D eigenvalue weighted by Gasteiger charge is -2.05. The summed E-state index contributed by atoms with van der Waals surface area (Å²) in [4.78, 5) is 15.9. The van der Waals surface area contributed by atoms with Crippen LogP contribution in [0.2, 0.25) is 0 Å². The van der Waals surface area contributed by atoms with E-state index in [2.05, 4.69) is 10.1 Å². The summed E-state index contributed by atoms with van der Waals surface area (Å²) in [5.41, 5.74) is 1.67. The zero-order valence-electron chi connectivity index (χ0n) is 11.7. The van der Waals surface area contributed by atoms with Gasteiger partial charge in [-0.2, -0.15) is 9.78 Å². The highest BCUT2D eigenvalue weighted by atomic mass is 19.1. The van der Waals surface area contributed by atoms with Gasteiger partial charge in [-0.3, -0.25) is 4.79 Å². The molecule has 4 nitrogen and oxygen atoms in total. The van der Waals surface area contributed by atoms with Crippen molar-refractivity contribution in [1.29, 1.82) is 0 Å². The van der Waals surface area contributed by atoms with Crippen LogP contribution >= 0.6 is 0 Å². The molecule has 0 spiro atoms. The van der Waals surface area contributed by atoms with E-state index in [-0.39, 0.29) is 11.4 Å². The zero-order valence-corrected chi connectivity index (χ0v) is 11.7. The summed E-state index contributed by atoms with van der Waals surface area (Å²) in [5.74, 6) is -1.55. The Labute approximate surface area is 129 Å². The van der Waals surface area contributed by atoms with Gasteiger partial charge in [-0.15, -0.1) is 0 Å². The molecular formula is C17H9F2N3O. The predicted molar refractivity (Wildman–Crippen MR) is 81.8 cm³/mol. The van der Waals surface area contributed by atoms with Gasteiger partial charge in [0.15, 0.2) is 5.82 Å². The van der Waals surface area contributed by atoms with Crippen molar-refractivity contribution in [3.8, 4) is 22.4 Å². The molecule has 3 aromatic rings. The first kappa shape index (κ1) is 13.5. The van der Waals surface area contributed by atoms with E-state index in [1.165, 1.54) is 6.07 Å². The molecule has 0 fully saturated rings. The Kier molecular flexibility index (Phi) is 2.90. The van der Waals surface area contributed by atoms with Crippen LogP contribution in [0, 0.1) is 11.6 Å². The van der Waals surface area contributed by atoms with Gasteiger partial charge in [0.1, 0.15) is 17.3 Å². The first-order chi connectivity index (χ1) is 11.1. The van der Waals surface area contributed by atoms with Crippen molar-refractivity contribution in [2.24, 2.45) is 4.99 Å². The number of carbonyl (C=O) groups is 1. The molecule has 0 bridgehead atoms. The molecule has 0 radical (unpaired) electrons. The highest BCUT2D eigenvalue weighted by Gasteiger charge is 2.27. The molecule has 1 aliphatic heterocycles. The van der Waals surface area contributed by atoms with Crippen LogP contribution in [0.25, 0.3) is 22.4 Å². The molecule has 4 rings (SSSR count). The van der Waals surface area contributed by atoms with Gasteiger partial charge in [0.25, 0.3) is 5.91 Å². The summed E-state index contributed by atoms with van der Waals surface area (Å²) >= 11 is 0. The maximum absolute atomic E-state index is 14.3. The second-order valence-electron chi connectivity index (χ2n) is 5.05. The number of hydrogen-bond acceptors (Lipinski definition) is 3. The number of carbonyl (C=O) groups excluding carboxylic acids is 1. The standard InChI is InChI=1S/C17H9F2N3O/c18-11-6-7-12(13(19)8-11)15-16(10-4-2-1-3-5-10)21-22-14(23)9-20-17(15)22/h1-9H. The minimum absolute atomic E-state index is 0.151. The van der Waals surface area contributed by atoms with Crippen LogP contribution in [0.5, 0.6) is 0 Å². The molecule has 2 heterocycles. The summed E-state index contributed by atoms with van der Waals surface area (Å²) in [6, 6.07) is 12.4. The molecule has 2 aromatic carbocycles. The molecule has 0 amide bonds. The fourth-order valence-electron chi connectivity index (χ4n) is 2.59. The Hall–Kier alpha value is -3.15. The summed E-state index contributed by atoms with van der Waals surface area (Å²) in [6.07, 6.45) is 1.13. The number of rotatable bonds is 2. The highest BCUT2D eigenvalue weighted by Crippen LogP contribution is 2.41. The smallest absolute Gasteiger partial charge is 0.266 e. The second-order valence-corrected chi connectivity index (χ2v) is 5.05. The number of halogens is 2. The van der Waals surface area contributed by atoms with Gasteiger partial charge >= 0.3 is 0 Å². The average molecular weight is 309 g/mol. The molecule has 0 aliphatic carbocycles. The monoisotopic (exact) mass is 309 g/mol. The quantitative estimate of drug-likeness (QED) is 0.722. The van der Waals surface area contributed by atoms with Gasteiger partial charge in [0, 0.05) is 17.2 Å². The fourth-order valence-corrected chi connectivity index (χ4v) is 2.59. The van der Waals surface area contributed by atoms with Crippen LogP contribution in [0.4, 0.5) is 14.6 Å². The van der Waals surface area contributed by atoms with Crippen molar-refractivity contribution in [3.63, 3.8) is 0 Å². The lowest BCUT2D eigenvalue weighted by Crippen LogP contribution is -2.07. The van der Waals surface area contributed by atoms with Crippen molar-refractivity contribution in [2.75, 3.05) is 0 Å². The maximum atomic E-state index is 14.3. The topological polar surface area (TPSA) is 47.2 Å². The largest absolute Gasteiger partial charge is 0.291 e. The van der Waals surface area contributed by atoms with Crippen molar-refractivity contribution in [3.05, 3.63) is 60.2 Å². The van der Waals surface area contributed by atoms with E-state index in [0.29, 0.717) is 11.3 Å². The molecule has 0 unspecified atom stereocenters. The van der Waals surface area contributed by atoms with Gasteiger partial charge in [-0.05, 0) is 12.1 Å². The SMILES string of the molecule is O=C1C=Nc2c(-c3ccc(F)cc3F)c(-c3ccccc3)nn21. The van der Waals surface area contributed by atoms with Gasteiger partial charge in [-0.25, -0.2) is 13.8 Å². The van der Waals surface area contributed by atoms with Crippen LogP contribution in [0.1, 0.15) is 4.79 Å². The first-order valence-corrected chi connectivity index (χ1v) is 6.87. The molecule has 112 valence electrons. The van der Waals surface area contributed by atoms with Crippen molar-refractivity contribution >= 4 is 17.9 Å². The zero-order chi connectivity index (χ0) is 16.0. The van der Waals surface area contributed by atoms with Crippen LogP contribution < -0.4 is 0 Å². The molecule has 0 atom stereocenters. The Morgan fingerprint density at radius 3 is 2.52 bits per heavy atom. The van der Waals surface area contributed by atoms with Crippen LogP contribution in [0.3, 0.4) is 0 Å². The summed E-state index contributed by atoms with van der Waals surface area (Å²) in [5, 5.41) is 4.26. The number of nitrogens with zero attached hydrogens (tertiary/aromatic N) is 3. The normalized spacial score (nSPS) is 12.7. The Bertz CT molecular complexity index is 961. The summed E-state index contributed by atoms with van der Waals surface area (Å²) in [7, 11) is 0. The van der Waals surface area contributed by atoms with Gasteiger partial charge in [0.2, 0.25) is 0 Å². The van der Waals surface area contributed by atoms with E-state index >= 15 is 0 Å². The molecule has 0 saturated carbocycles. The van der Waals surface area contributed by atoms with Crippen molar-refractivity contribution < 1.29 is 13.6 Å².